The van der Waals surface area contributed by atoms with Crippen LogP contribution in [0.2, 0.25) is 0 Å². The molecule has 3 N–H and O–H groups in total. The van der Waals surface area contributed by atoms with Gasteiger partial charge in [0, 0.05) is 0 Å². The number of nitrogens with zero attached hydrogens (tertiary/aromatic N) is 1. The highest BCUT2D eigenvalue weighted by molar-refractivity contribution is 5.79. The first-order valence-corrected chi connectivity index (χ1v) is 7.35. The van der Waals surface area contributed by atoms with Crippen molar-refractivity contribution >= 4 is 5.96 Å². The molecule has 2 atom stereocenters. The molecule has 0 saturated carbocycles. The summed E-state index contributed by atoms with van der Waals surface area (Å²) in [6, 6.07) is 17.3. The lowest BCUT2D eigenvalue weighted by molar-refractivity contribution is 0.485. The van der Waals surface area contributed by atoms with E-state index in [0.29, 0.717) is 5.96 Å². The lowest BCUT2D eigenvalue weighted by Crippen LogP contribution is -2.39. The van der Waals surface area contributed by atoms with Gasteiger partial charge in [0.1, 0.15) is 0 Å². The minimum atomic E-state index is 0.122. The van der Waals surface area contributed by atoms with E-state index in [4.69, 9.17) is 5.73 Å². The van der Waals surface area contributed by atoms with Gasteiger partial charge in [-0.2, -0.15) is 0 Å². The van der Waals surface area contributed by atoms with E-state index in [0.717, 1.165) is 6.42 Å². The van der Waals surface area contributed by atoms with Gasteiger partial charge in [-0.3, -0.25) is 0 Å². The topological polar surface area (TPSA) is 50.4 Å². The van der Waals surface area contributed by atoms with E-state index >= 15 is 0 Å². The van der Waals surface area contributed by atoms with E-state index in [1.54, 1.807) is 0 Å². The fourth-order valence-corrected chi connectivity index (χ4v) is 2.90. The smallest absolute Gasteiger partial charge is 0.189 e. The number of aliphatic imine (C=N–C) groups is 1. The van der Waals surface area contributed by atoms with Gasteiger partial charge in [-0.1, -0.05) is 54.1 Å². The number of nitrogens with two attached hydrogens (primary N) is 1. The van der Waals surface area contributed by atoms with E-state index in [1.165, 1.54) is 22.3 Å². The van der Waals surface area contributed by atoms with Gasteiger partial charge >= 0.3 is 0 Å². The summed E-state index contributed by atoms with van der Waals surface area (Å²) in [7, 11) is 0. The third-order valence-corrected chi connectivity index (χ3v) is 4.10. The van der Waals surface area contributed by atoms with E-state index in [-0.39, 0.29) is 12.1 Å². The van der Waals surface area contributed by atoms with Crippen LogP contribution in [-0.4, -0.2) is 5.96 Å². The predicted molar refractivity (Wildman–Crippen MR) is 87.2 cm³/mol. The van der Waals surface area contributed by atoms with Gasteiger partial charge in [-0.15, -0.1) is 0 Å². The molecule has 0 saturated heterocycles. The monoisotopic (exact) mass is 279 g/mol. The molecule has 3 rings (SSSR count). The van der Waals surface area contributed by atoms with Crippen LogP contribution in [-0.2, 0) is 0 Å². The zero-order valence-electron chi connectivity index (χ0n) is 12.5. The Hall–Kier alpha value is -2.29. The molecule has 2 aromatic rings. The molecule has 2 unspecified atom stereocenters. The summed E-state index contributed by atoms with van der Waals surface area (Å²) in [6.45, 7) is 4.24. The molecule has 3 nitrogen and oxygen atoms in total. The first-order chi connectivity index (χ1) is 10.1. The predicted octanol–water partition coefficient (Wildman–Crippen LogP) is 3.39. The van der Waals surface area contributed by atoms with Gasteiger partial charge < -0.3 is 11.1 Å². The van der Waals surface area contributed by atoms with Crippen molar-refractivity contribution < 1.29 is 0 Å². The fraction of sp³-hybridized carbons (Fsp3) is 0.278. The molecule has 21 heavy (non-hydrogen) atoms. The van der Waals surface area contributed by atoms with Crippen molar-refractivity contribution in [3.05, 3.63) is 70.8 Å². The van der Waals surface area contributed by atoms with Crippen molar-refractivity contribution in [3.8, 4) is 0 Å². The van der Waals surface area contributed by atoms with Gasteiger partial charge in [-0.25, -0.2) is 4.99 Å². The van der Waals surface area contributed by atoms with Gasteiger partial charge in [0.05, 0.1) is 12.1 Å². The fourth-order valence-electron chi connectivity index (χ4n) is 2.90. The lowest BCUT2D eigenvalue weighted by Gasteiger charge is -2.29. The van der Waals surface area contributed by atoms with E-state index < -0.39 is 0 Å². The molecule has 1 heterocycles. The summed E-state index contributed by atoms with van der Waals surface area (Å²) in [5.74, 6) is 0.528. The summed E-state index contributed by atoms with van der Waals surface area (Å²) in [5.41, 5.74) is 11.1. The van der Waals surface area contributed by atoms with E-state index in [9.17, 15) is 0 Å². The number of nitrogens with one attached hydrogen (secondary N) is 1. The Morgan fingerprint density at radius 2 is 1.76 bits per heavy atom. The van der Waals surface area contributed by atoms with Crippen LogP contribution < -0.4 is 11.1 Å². The summed E-state index contributed by atoms with van der Waals surface area (Å²) in [4.78, 5) is 4.57. The Kier molecular flexibility index (Phi) is 3.65. The summed E-state index contributed by atoms with van der Waals surface area (Å²) < 4.78 is 0. The quantitative estimate of drug-likeness (QED) is 0.885. The number of rotatable bonds is 2. The van der Waals surface area contributed by atoms with Crippen LogP contribution in [0.25, 0.3) is 0 Å². The first kappa shape index (κ1) is 13.7. The van der Waals surface area contributed by atoms with Crippen molar-refractivity contribution in [3.63, 3.8) is 0 Å². The maximum absolute atomic E-state index is 6.01. The molecule has 0 bridgehead atoms. The number of aryl methyl sites for hydroxylation is 2. The second-order valence-corrected chi connectivity index (χ2v) is 5.73. The summed E-state index contributed by atoms with van der Waals surface area (Å²) in [5, 5.41) is 3.31. The molecular formula is C18H21N3. The highest BCUT2D eigenvalue weighted by Gasteiger charge is 2.25. The normalized spacial score (nSPS) is 21.5. The van der Waals surface area contributed by atoms with Crippen LogP contribution in [0.3, 0.4) is 0 Å². The molecule has 108 valence electrons. The zero-order valence-corrected chi connectivity index (χ0v) is 12.5. The van der Waals surface area contributed by atoms with Gasteiger partial charge in [0.2, 0.25) is 0 Å². The number of guanidine groups is 1. The maximum Gasteiger partial charge on any atom is 0.189 e. The van der Waals surface area contributed by atoms with Crippen molar-refractivity contribution in [1.82, 2.24) is 5.32 Å². The Balaban J connectivity index is 1.89. The van der Waals surface area contributed by atoms with Crippen LogP contribution in [0.5, 0.6) is 0 Å². The molecule has 2 aromatic carbocycles. The average Bonchev–Trinajstić information content (AvgIpc) is 2.48. The zero-order chi connectivity index (χ0) is 14.8. The minimum Gasteiger partial charge on any atom is -0.370 e. The molecule has 0 fully saturated rings. The molecular weight excluding hydrogens is 258 g/mol. The number of hydrogen-bond donors (Lipinski definition) is 2. The average molecular weight is 279 g/mol. The highest BCUT2D eigenvalue weighted by atomic mass is 15.1. The molecule has 1 aliphatic heterocycles. The van der Waals surface area contributed by atoms with E-state index in [1.807, 2.05) is 0 Å². The van der Waals surface area contributed by atoms with Gasteiger partial charge in [-0.05, 0) is 37.0 Å². The van der Waals surface area contributed by atoms with Crippen LogP contribution in [0, 0.1) is 13.8 Å². The second-order valence-electron chi connectivity index (χ2n) is 5.73. The maximum atomic E-state index is 6.01. The third-order valence-electron chi connectivity index (χ3n) is 4.10. The Bertz CT molecular complexity index is 658. The summed E-state index contributed by atoms with van der Waals surface area (Å²) in [6.07, 6.45) is 0.925. The molecule has 0 radical (unpaired) electrons. The van der Waals surface area contributed by atoms with Crippen LogP contribution in [0.1, 0.15) is 40.8 Å². The molecule has 0 spiro atoms. The molecule has 0 aliphatic carbocycles. The first-order valence-electron chi connectivity index (χ1n) is 7.35. The Labute approximate surface area is 125 Å². The van der Waals surface area contributed by atoms with Gasteiger partial charge in [0.25, 0.3) is 0 Å². The molecule has 3 heteroatoms. The Morgan fingerprint density at radius 1 is 1.05 bits per heavy atom. The van der Waals surface area contributed by atoms with Gasteiger partial charge in [0.15, 0.2) is 5.96 Å². The van der Waals surface area contributed by atoms with Crippen LogP contribution in [0.15, 0.2) is 53.5 Å². The largest absolute Gasteiger partial charge is 0.370 e. The van der Waals surface area contributed by atoms with Crippen molar-refractivity contribution in [1.29, 1.82) is 0 Å². The van der Waals surface area contributed by atoms with Crippen LogP contribution >= 0.6 is 0 Å². The Morgan fingerprint density at radius 3 is 2.48 bits per heavy atom. The van der Waals surface area contributed by atoms with Crippen molar-refractivity contribution in [2.24, 2.45) is 10.7 Å². The molecule has 0 amide bonds. The minimum absolute atomic E-state index is 0.122. The standard InChI is InChI=1S/C18H21N3/c1-12-7-9-14(10-8-12)16-11-17(21-18(19)20-16)15-6-4-3-5-13(15)2/h3-10,16-17H,11H2,1-2H3,(H3,19,20,21). The van der Waals surface area contributed by atoms with Crippen molar-refractivity contribution in [2.45, 2.75) is 32.4 Å². The lowest BCUT2D eigenvalue weighted by atomic mass is 9.91. The summed E-state index contributed by atoms with van der Waals surface area (Å²) >= 11 is 0. The van der Waals surface area contributed by atoms with Crippen LogP contribution in [0.4, 0.5) is 0 Å². The molecule has 0 aromatic heterocycles. The molecule has 1 aliphatic rings. The number of benzene rings is 2. The van der Waals surface area contributed by atoms with E-state index in [2.05, 4.69) is 72.7 Å². The number of hydrogen-bond acceptors (Lipinski definition) is 3. The third kappa shape index (κ3) is 2.92. The highest BCUT2D eigenvalue weighted by Crippen LogP contribution is 2.33. The second kappa shape index (κ2) is 5.60. The SMILES string of the molecule is Cc1ccc(C2CC(c3ccccc3C)NC(N)=N2)cc1. The van der Waals surface area contributed by atoms with Crippen molar-refractivity contribution in [2.75, 3.05) is 0 Å².